The van der Waals surface area contributed by atoms with Crippen LogP contribution in [0.15, 0.2) is 0 Å². The minimum atomic E-state index is -0.153. The molecule has 1 unspecified atom stereocenters. The molecule has 1 heterocycles. The summed E-state index contributed by atoms with van der Waals surface area (Å²) < 4.78 is 0. The van der Waals surface area contributed by atoms with E-state index in [2.05, 4.69) is 11.4 Å². The fourth-order valence-corrected chi connectivity index (χ4v) is 4.49. The fourth-order valence-electron chi connectivity index (χ4n) is 4.49. The Morgan fingerprint density at radius 1 is 0.941 bits per heavy atom. The number of fused-ring (bicyclic) bond motifs is 1. The molecule has 2 heteroatoms. The highest BCUT2D eigenvalue weighted by Crippen LogP contribution is 2.45. The van der Waals surface area contributed by atoms with Gasteiger partial charge in [-0.2, -0.15) is 5.26 Å². The number of hydrogen-bond acceptors (Lipinski definition) is 2. The van der Waals surface area contributed by atoms with E-state index in [1.54, 1.807) is 0 Å². The van der Waals surface area contributed by atoms with Crippen molar-refractivity contribution in [2.75, 3.05) is 0 Å². The highest BCUT2D eigenvalue weighted by molar-refractivity contribution is 5.18. The van der Waals surface area contributed by atoms with Gasteiger partial charge in [-0.05, 0) is 43.9 Å². The summed E-state index contributed by atoms with van der Waals surface area (Å²) in [4.78, 5) is 0. The van der Waals surface area contributed by atoms with Gasteiger partial charge in [0, 0.05) is 6.04 Å². The number of nitrogens with zero attached hydrogens (tertiary/aromatic N) is 1. The predicted molar refractivity (Wildman–Crippen MR) is 68.4 cm³/mol. The number of rotatable bonds is 1. The van der Waals surface area contributed by atoms with Crippen molar-refractivity contribution in [3.63, 3.8) is 0 Å². The molecule has 3 atom stereocenters. The van der Waals surface area contributed by atoms with E-state index in [9.17, 15) is 5.26 Å². The van der Waals surface area contributed by atoms with Crippen LogP contribution >= 0.6 is 0 Å². The maximum absolute atomic E-state index is 9.70. The molecule has 3 aliphatic rings. The number of nitriles is 1. The van der Waals surface area contributed by atoms with Crippen LogP contribution in [0, 0.1) is 23.2 Å². The number of nitrogens with one attached hydrogen (secondary N) is 1. The van der Waals surface area contributed by atoms with Crippen LogP contribution in [0.25, 0.3) is 0 Å². The lowest BCUT2D eigenvalue weighted by molar-refractivity contribution is 0.225. The molecule has 2 nitrogen and oxygen atoms in total. The predicted octanol–water partition coefficient (Wildman–Crippen LogP) is 3.38. The van der Waals surface area contributed by atoms with Gasteiger partial charge in [0.15, 0.2) is 0 Å². The average molecular weight is 232 g/mol. The Bertz CT molecular complexity index is 297. The summed E-state index contributed by atoms with van der Waals surface area (Å²) in [6.45, 7) is 0. The van der Waals surface area contributed by atoms with Gasteiger partial charge in [-0.3, -0.25) is 5.32 Å². The third-order valence-electron chi connectivity index (χ3n) is 5.44. The zero-order valence-corrected chi connectivity index (χ0v) is 10.8. The lowest BCUT2D eigenvalue weighted by Gasteiger charge is -2.35. The van der Waals surface area contributed by atoms with Crippen LogP contribution in [0.1, 0.15) is 64.2 Å². The first-order chi connectivity index (χ1) is 8.34. The molecule has 1 aliphatic heterocycles. The quantitative estimate of drug-likeness (QED) is 0.752. The highest BCUT2D eigenvalue weighted by Gasteiger charge is 2.49. The second-order valence-electron chi connectivity index (χ2n) is 6.42. The molecule has 0 spiro atoms. The van der Waals surface area contributed by atoms with E-state index in [4.69, 9.17) is 0 Å². The van der Waals surface area contributed by atoms with Gasteiger partial charge in [-0.1, -0.05) is 32.1 Å². The van der Waals surface area contributed by atoms with Crippen LogP contribution in [0.3, 0.4) is 0 Å². The molecule has 0 aromatic carbocycles. The summed E-state index contributed by atoms with van der Waals surface area (Å²) in [5, 5.41) is 13.5. The Morgan fingerprint density at radius 3 is 2.35 bits per heavy atom. The van der Waals surface area contributed by atoms with Crippen LogP contribution in [-0.4, -0.2) is 11.6 Å². The molecule has 0 radical (unpaired) electrons. The normalized spacial score (nSPS) is 43.0. The van der Waals surface area contributed by atoms with E-state index in [0.29, 0.717) is 12.0 Å². The standard InChI is InChI=1S/C15H24N2/c16-11-15(13-7-2-1-3-8-13)10-12-6-4-5-9-14(12)17-15/h12-14,17H,1-10H2/t12-,14-,15?/m0/s1. The Hall–Kier alpha value is -0.550. The Balaban J connectivity index is 1.76. The maximum Gasteiger partial charge on any atom is 0.110 e. The van der Waals surface area contributed by atoms with Gasteiger partial charge in [-0.25, -0.2) is 0 Å². The average Bonchev–Trinajstić information content (AvgIpc) is 2.79. The van der Waals surface area contributed by atoms with Gasteiger partial charge in [0.2, 0.25) is 0 Å². The molecular formula is C15H24N2. The van der Waals surface area contributed by atoms with Crippen LogP contribution in [0.4, 0.5) is 0 Å². The highest BCUT2D eigenvalue weighted by atomic mass is 15.1. The number of hydrogen-bond donors (Lipinski definition) is 1. The minimum absolute atomic E-state index is 0.153. The monoisotopic (exact) mass is 232 g/mol. The van der Waals surface area contributed by atoms with E-state index in [1.807, 2.05) is 0 Å². The first kappa shape index (κ1) is 11.5. The van der Waals surface area contributed by atoms with E-state index >= 15 is 0 Å². The van der Waals surface area contributed by atoms with Crippen molar-refractivity contribution >= 4 is 0 Å². The van der Waals surface area contributed by atoms with Crippen LogP contribution in [0.2, 0.25) is 0 Å². The third kappa shape index (κ3) is 1.99. The van der Waals surface area contributed by atoms with E-state index in [1.165, 1.54) is 57.8 Å². The zero-order chi connectivity index (χ0) is 11.7. The largest absolute Gasteiger partial charge is 0.296 e. The maximum atomic E-state index is 9.70. The fraction of sp³-hybridized carbons (Fsp3) is 0.933. The van der Waals surface area contributed by atoms with E-state index < -0.39 is 0 Å². The van der Waals surface area contributed by atoms with Gasteiger partial charge in [0.1, 0.15) is 5.54 Å². The summed E-state index contributed by atoms with van der Waals surface area (Å²) in [7, 11) is 0. The Kier molecular flexibility index (Phi) is 3.13. The molecule has 0 aromatic heterocycles. The zero-order valence-electron chi connectivity index (χ0n) is 10.8. The molecule has 0 aromatic rings. The van der Waals surface area contributed by atoms with Crippen molar-refractivity contribution in [3.05, 3.63) is 0 Å². The van der Waals surface area contributed by atoms with Gasteiger partial charge in [-0.15, -0.1) is 0 Å². The summed E-state index contributed by atoms with van der Waals surface area (Å²) >= 11 is 0. The summed E-state index contributed by atoms with van der Waals surface area (Å²) in [6.07, 6.45) is 13.2. The lowest BCUT2D eigenvalue weighted by atomic mass is 9.72. The topological polar surface area (TPSA) is 35.8 Å². The SMILES string of the molecule is N#CC1(C2CCCCC2)C[C@@H]2CCCC[C@@H]2N1. The van der Waals surface area contributed by atoms with Crippen molar-refractivity contribution in [3.8, 4) is 6.07 Å². The molecule has 0 amide bonds. The molecule has 2 saturated carbocycles. The second-order valence-corrected chi connectivity index (χ2v) is 6.42. The van der Waals surface area contributed by atoms with Gasteiger partial charge in [0.05, 0.1) is 6.07 Å². The molecule has 2 aliphatic carbocycles. The molecule has 0 bridgehead atoms. The smallest absolute Gasteiger partial charge is 0.110 e. The van der Waals surface area contributed by atoms with Crippen molar-refractivity contribution in [1.82, 2.24) is 5.32 Å². The molecule has 3 rings (SSSR count). The lowest BCUT2D eigenvalue weighted by Crippen LogP contribution is -2.48. The minimum Gasteiger partial charge on any atom is -0.296 e. The summed E-state index contributed by atoms with van der Waals surface area (Å²) in [5.74, 6) is 1.43. The van der Waals surface area contributed by atoms with Crippen molar-refractivity contribution in [2.45, 2.75) is 75.8 Å². The van der Waals surface area contributed by atoms with E-state index in [-0.39, 0.29) is 5.54 Å². The van der Waals surface area contributed by atoms with Gasteiger partial charge < -0.3 is 0 Å². The van der Waals surface area contributed by atoms with Crippen molar-refractivity contribution in [1.29, 1.82) is 5.26 Å². The molecule has 1 N–H and O–H groups in total. The van der Waals surface area contributed by atoms with E-state index in [0.717, 1.165) is 12.3 Å². The third-order valence-corrected chi connectivity index (χ3v) is 5.44. The molecular weight excluding hydrogens is 208 g/mol. The Labute approximate surface area is 105 Å². The molecule has 17 heavy (non-hydrogen) atoms. The van der Waals surface area contributed by atoms with Gasteiger partial charge >= 0.3 is 0 Å². The van der Waals surface area contributed by atoms with Crippen LogP contribution in [-0.2, 0) is 0 Å². The summed E-state index contributed by atoms with van der Waals surface area (Å²) in [5.41, 5.74) is -0.153. The van der Waals surface area contributed by atoms with Crippen LogP contribution < -0.4 is 5.32 Å². The summed E-state index contributed by atoms with van der Waals surface area (Å²) in [6, 6.07) is 3.35. The first-order valence-electron chi connectivity index (χ1n) is 7.53. The molecule has 1 saturated heterocycles. The van der Waals surface area contributed by atoms with Crippen molar-refractivity contribution < 1.29 is 0 Å². The second kappa shape index (κ2) is 4.61. The Morgan fingerprint density at radius 2 is 1.65 bits per heavy atom. The van der Waals surface area contributed by atoms with Crippen molar-refractivity contribution in [2.24, 2.45) is 11.8 Å². The first-order valence-corrected chi connectivity index (χ1v) is 7.53. The van der Waals surface area contributed by atoms with Gasteiger partial charge in [0.25, 0.3) is 0 Å². The van der Waals surface area contributed by atoms with Crippen LogP contribution in [0.5, 0.6) is 0 Å². The molecule has 3 fully saturated rings. The molecule has 94 valence electrons.